The Morgan fingerprint density at radius 3 is 2.58 bits per heavy atom. The number of non-ortho nitro benzene ring substituents is 1. The first-order valence-corrected chi connectivity index (χ1v) is 13.7. The molecule has 0 spiro atoms. The largest absolute Gasteiger partial charge is 0.479 e. The summed E-state index contributed by atoms with van der Waals surface area (Å²) in [7, 11) is 0. The van der Waals surface area contributed by atoms with Crippen molar-refractivity contribution in [1.29, 1.82) is 0 Å². The average molecular weight is 621 g/mol. The van der Waals surface area contributed by atoms with Crippen LogP contribution in [-0.2, 0) is 20.9 Å². The van der Waals surface area contributed by atoms with Crippen LogP contribution in [0.25, 0.3) is 0 Å². The first kappa shape index (κ1) is 31.0. The van der Waals surface area contributed by atoms with Gasteiger partial charge in [0.15, 0.2) is 0 Å². The van der Waals surface area contributed by atoms with Crippen LogP contribution in [0.2, 0.25) is 0 Å². The van der Waals surface area contributed by atoms with Crippen molar-refractivity contribution in [3.05, 3.63) is 39.9 Å². The van der Waals surface area contributed by atoms with E-state index in [-0.39, 0.29) is 50.9 Å². The lowest BCUT2D eigenvalue weighted by atomic mass is 10.1. The maximum atomic E-state index is 12.9. The van der Waals surface area contributed by atoms with Crippen LogP contribution in [0.3, 0.4) is 0 Å². The second kappa shape index (κ2) is 13.3. The number of carboxylic acid groups (broad SMARTS) is 1. The molecule has 1 aromatic carbocycles. The molecular formula is C23H28N10O9S. The molecule has 3 fully saturated rings. The number of hydrazone groups is 2. The zero-order chi connectivity index (χ0) is 31.1. The number of β-lactam (4-membered cyclic amide) rings is 1. The van der Waals surface area contributed by atoms with Gasteiger partial charge >= 0.3 is 24.1 Å². The molecule has 3 aliphatic heterocycles. The van der Waals surface area contributed by atoms with E-state index in [1.165, 1.54) is 29.2 Å². The van der Waals surface area contributed by atoms with Gasteiger partial charge in [-0.15, -0.1) is 0 Å². The van der Waals surface area contributed by atoms with Crippen molar-refractivity contribution in [2.75, 3.05) is 32.7 Å². The quantitative estimate of drug-likeness (QED) is 0.0638. The van der Waals surface area contributed by atoms with E-state index in [0.29, 0.717) is 12.0 Å². The summed E-state index contributed by atoms with van der Waals surface area (Å²) < 4.78 is 5.02. The molecule has 6 N–H and O–H groups in total. The molecule has 6 amide bonds. The zero-order valence-corrected chi connectivity index (χ0v) is 23.3. The van der Waals surface area contributed by atoms with Crippen LogP contribution in [0.5, 0.6) is 0 Å². The summed E-state index contributed by atoms with van der Waals surface area (Å²) in [5.74, 6) is -1.61. The van der Waals surface area contributed by atoms with Gasteiger partial charge in [0.25, 0.3) is 5.69 Å². The number of thioether (sulfide) groups is 1. The molecule has 0 aliphatic carbocycles. The van der Waals surface area contributed by atoms with E-state index in [2.05, 4.69) is 26.3 Å². The fourth-order valence-electron chi connectivity index (χ4n) is 4.35. The molecule has 3 atom stereocenters. The zero-order valence-electron chi connectivity index (χ0n) is 22.5. The van der Waals surface area contributed by atoms with Crippen molar-refractivity contribution in [3.8, 4) is 0 Å². The van der Waals surface area contributed by atoms with Crippen LogP contribution in [0, 0.1) is 10.1 Å². The summed E-state index contributed by atoms with van der Waals surface area (Å²) in [6.07, 6.45) is 1.97. The second-order valence-electron chi connectivity index (χ2n) is 9.34. The Kier molecular flexibility index (Phi) is 9.60. The van der Waals surface area contributed by atoms with Crippen molar-refractivity contribution in [1.82, 2.24) is 30.9 Å². The molecule has 0 saturated carbocycles. The molecular weight excluding hydrogens is 592 g/mol. The minimum atomic E-state index is -1.66. The minimum absolute atomic E-state index is 0.0609. The first-order valence-electron chi connectivity index (χ1n) is 12.8. The summed E-state index contributed by atoms with van der Waals surface area (Å²) >= 11 is 0.961. The molecule has 20 heteroatoms. The van der Waals surface area contributed by atoms with E-state index in [1.54, 1.807) is 0 Å². The summed E-state index contributed by atoms with van der Waals surface area (Å²) in [5.41, 5.74) is 8.48. The number of nitrogens with two attached hydrogens (primary N) is 1. The normalized spacial score (nSPS) is 23.0. The van der Waals surface area contributed by atoms with Crippen LogP contribution in [0.1, 0.15) is 12.0 Å². The molecule has 230 valence electrons. The third kappa shape index (κ3) is 6.92. The second-order valence-corrected chi connectivity index (χ2v) is 10.7. The van der Waals surface area contributed by atoms with Crippen LogP contribution in [0.15, 0.2) is 34.5 Å². The Morgan fingerprint density at radius 1 is 1.19 bits per heavy atom. The lowest BCUT2D eigenvalue weighted by molar-refractivity contribution is -0.384. The topological polar surface area (TPSA) is 254 Å². The number of hydrogen-bond acceptors (Lipinski definition) is 12. The molecule has 1 aromatic rings. The highest BCUT2D eigenvalue weighted by molar-refractivity contribution is 8.02. The maximum Gasteiger partial charge on any atom is 0.407 e. The van der Waals surface area contributed by atoms with Gasteiger partial charge in [0.05, 0.1) is 30.4 Å². The number of nitrogens with one attached hydrogen (secondary N) is 3. The SMILES string of the molecule is N[C@@H]1C(=O)N2C[C@@](C(=O)O)(N3CCN(N=CC=NNC(=O)NCCCNC(=O)OCc4ccc([N+](=O)[O-])cc4)C3=O)S[C@H]12. The molecule has 0 bridgehead atoms. The number of carboxylic acids is 1. The van der Waals surface area contributed by atoms with Gasteiger partial charge in [-0.3, -0.25) is 19.8 Å². The Hall–Kier alpha value is -4.98. The van der Waals surface area contributed by atoms with Crippen molar-refractivity contribution in [2.45, 2.75) is 29.3 Å². The van der Waals surface area contributed by atoms with Gasteiger partial charge in [-0.05, 0) is 24.1 Å². The molecule has 0 unspecified atom stereocenters. The van der Waals surface area contributed by atoms with Gasteiger partial charge in [0.1, 0.15) is 18.0 Å². The number of hydrogen-bond donors (Lipinski definition) is 5. The molecule has 0 aromatic heterocycles. The molecule has 4 rings (SSSR count). The van der Waals surface area contributed by atoms with Crippen LogP contribution < -0.4 is 21.8 Å². The number of ether oxygens (including phenoxy) is 1. The molecule has 0 radical (unpaired) electrons. The summed E-state index contributed by atoms with van der Waals surface area (Å²) in [6.45, 7) is 0.362. The van der Waals surface area contributed by atoms with Gasteiger partial charge in [-0.2, -0.15) is 10.2 Å². The van der Waals surface area contributed by atoms with Gasteiger partial charge in [-0.1, -0.05) is 11.8 Å². The number of benzene rings is 1. The molecule has 3 heterocycles. The fraction of sp³-hybridized carbons (Fsp3) is 0.435. The highest BCUT2D eigenvalue weighted by Crippen LogP contribution is 2.49. The van der Waals surface area contributed by atoms with Gasteiger partial charge in [-0.25, -0.2) is 29.6 Å². The van der Waals surface area contributed by atoms with E-state index >= 15 is 0 Å². The monoisotopic (exact) mass is 620 g/mol. The summed E-state index contributed by atoms with van der Waals surface area (Å²) in [4.78, 5) is 71.5. The smallest absolute Gasteiger partial charge is 0.407 e. The lowest BCUT2D eigenvalue weighted by Gasteiger charge is -2.38. The number of carbonyl (C=O) groups is 5. The number of nitro groups is 1. The van der Waals surface area contributed by atoms with Crippen molar-refractivity contribution >= 4 is 59.9 Å². The van der Waals surface area contributed by atoms with E-state index in [4.69, 9.17) is 10.5 Å². The number of fused-ring (bicyclic) bond motifs is 1. The first-order chi connectivity index (χ1) is 20.5. The Bertz CT molecular complexity index is 1340. The average Bonchev–Trinajstić information content (AvgIpc) is 3.55. The number of urea groups is 2. The highest BCUT2D eigenvalue weighted by Gasteiger charge is 2.65. The van der Waals surface area contributed by atoms with Crippen molar-refractivity contribution in [2.24, 2.45) is 15.9 Å². The third-order valence-electron chi connectivity index (χ3n) is 6.58. The van der Waals surface area contributed by atoms with E-state index < -0.39 is 45.3 Å². The molecule has 3 aliphatic rings. The number of carbonyl (C=O) groups excluding carboxylic acids is 4. The van der Waals surface area contributed by atoms with Crippen molar-refractivity contribution in [3.63, 3.8) is 0 Å². The number of alkyl carbamates (subject to hydrolysis) is 1. The Balaban J connectivity index is 1.09. The standard InChI is InChI=1S/C23H28N10O9S/c24-16-17(34)30-13-23(19(35)36,43-18(16)30)31-10-11-32(22(31)39)28-9-8-27-29-20(37)25-6-1-7-26-21(38)42-12-14-2-4-15(5-3-14)33(40)41/h2-5,8-9,16,18H,1,6-7,10-13,24H2,(H,26,38)(H,35,36)(H2,25,29,37)/t16-,18-,23-/m1/s1. The summed E-state index contributed by atoms with van der Waals surface area (Å²) in [5, 5.41) is 33.7. The molecule has 3 saturated heterocycles. The fourth-order valence-corrected chi connectivity index (χ4v) is 5.93. The van der Waals surface area contributed by atoms with Crippen molar-refractivity contribution < 1.29 is 38.7 Å². The molecule has 43 heavy (non-hydrogen) atoms. The van der Waals surface area contributed by atoms with E-state index in [9.17, 15) is 39.2 Å². The predicted octanol–water partition coefficient (Wildman–Crippen LogP) is -0.757. The van der Waals surface area contributed by atoms with Crippen LogP contribution >= 0.6 is 11.8 Å². The van der Waals surface area contributed by atoms with Crippen LogP contribution in [0.4, 0.5) is 20.1 Å². The number of amides is 6. The molecule has 19 nitrogen and oxygen atoms in total. The van der Waals surface area contributed by atoms with Gasteiger partial charge in [0, 0.05) is 31.8 Å². The third-order valence-corrected chi connectivity index (χ3v) is 8.28. The Labute approximate surface area is 247 Å². The maximum absolute atomic E-state index is 12.9. The Morgan fingerprint density at radius 2 is 1.91 bits per heavy atom. The highest BCUT2D eigenvalue weighted by atomic mass is 32.2. The summed E-state index contributed by atoms with van der Waals surface area (Å²) in [6, 6.07) is 3.50. The minimum Gasteiger partial charge on any atom is -0.479 e. The number of nitrogens with zero attached hydrogens (tertiary/aromatic N) is 6. The lowest BCUT2D eigenvalue weighted by Crippen LogP contribution is -2.65. The van der Waals surface area contributed by atoms with Crippen LogP contribution in [-0.4, -0.2) is 116 Å². The number of aliphatic carboxylic acids is 1. The van der Waals surface area contributed by atoms with Gasteiger partial charge < -0.3 is 31.1 Å². The number of nitro benzene ring substituents is 1. The van der Waals surface area contributed by atoms with E-state index in [0.717, 1.165) is 34.1 Å². The predicted molar refractivity (Wildman–Crippen MR) is 150 cm³/mol. The van der Waals surface area contributed by atoms with Gasteiger partial charge in [0.2, 0.25) is 10.8 Å². The number of rotatable bonds is 12. The van der Waals surface area contributed by atoms with E-state index in [1.807, 2.05) is 0 Å².